The molecule has 0 aromatic carbocycles. The van der Waals surface area contributed by atoms with Crippen LogP contribution in [0, 0.1) is 17.8 Å². The Bertz CT molecular complexity index is 470. The van der Waals surface area contributed by atoms with Crippen molar-refractivity contribution >= 4 is 5.97 Å². The molecule has 0 fully saturated rings. The van der Waals surface area contributed by atoms with E-state index < -0.39 is 0 Å². The number of hydrogen-bond donors (Lipinski definition) is 0. The molecule has 0 aliphatic heterocycles. The molecule has 2 heteroatoms. The van der Waals surface area contributed by atoms with E-state index in [0.717, 1.165) is 11.8 Å². The summed E-state index contributed by atoms with van der Waals surface area (Å²) < 4.78 is 5.53. The molecule has 0 spiro atoms. The minimum atomic E-state index is -0.223. The molecule has 0 N–H and O–H groups in total. The summed E-state index contributed by atoms with van der Waals surface area (Å²) in [7, 11) is 0. The van der Waals surface area contributed by atoms with Crippen molar-refractivity contribution in [3.8, 4) is 0 Å². The normalized spacial score (nSPS) is 14.0. The largest absolute Gasteiger partial charge is 0.462 e. The summed E-state index contributed by atoms with van der Waals surface area (Å²) in [6.07, 6.45) is 26.9. The zero-order valence-electron chi connectivity index (χ0n) is 24.1. The summed E-state index contributed by atoms with van der Waals surface area (Å²) in [4.78, 5) is 11.9. The molecule has 0 amide bonds. The van der Waals surface area contributed by atoms with E-state index in [9.17, 15) is 4.79 Å². The van der Waals surface area contributed by atoms with Crippen molar-refractivity contribution in [2.24, 2.45) is 17.8 Å². The minimum Gasteiger partial charge on any atom is -0.462 e. The van der Waals surface area contributed by atoms with Crippen LogP contribution < -0.4 is 0 Å². The molecule has 0 aliphatic carbocycles. The number of esters is 1. The fourth-order valence-corrected chi connectivity index (χ4v) is 5.17. The van der Waals surface area contributed by atoms with E-state index in [-0.39, 0.29) is 5.97 Å². The lowest BCUT2D eigenvalue weighted by molar-refractivity contribution is -0.140. The van der Waals surface area contributed by atoms with Gasteiger partial charge >= 0.3 is 5.97 Å². The van der Waals surface area contributed by atoms with Gasteiger partial charge in [-0.2, -0.15) is 0 Å². The van der Waals surface area contributed by atoms with Crippen molar-refractivity contribution in [3.05, 3.63) is 12.2 Å². The van der Waals surface area contributed by atoms with Crippen LogP contribution in [0.3, 0.4) is 0 Å². The van der Waals surface area contributed by atoms with E-state index in [1.807, 2.05) is 0 Å². The monoisotopic (exact) mass is 478 g/mol. The Labute approximate surface area is 215 Å². The number of carbonyl (C=O) groups is 1. The summed E-state index contributed by atoms with van der Waals surface area (Å²) in [5.41, 5.74) is 0.514. The van der Waals surface area contributed by atoms with E-state index in [4.69, 9.17) is 4.74 Å². The average molecular weight is 479 g/mol. The third-order valence-corrected chi connectivity index (χ3v) is 7.48. The Balaban J connectivity index is 3.95. The smallest absolute Gasteiger partial charge is 0.333 e. The van der Waals surface area contributed by atoms with Crippen molar-refractivity contribution in [1.82, 2.24) is 0 Å². The predicted molar refractivity (Wildman–Crippen MR) is 151 cm³/mol. The molecule has 0 bridgehead atoms. The zero-order chi connectivity index (χ0) is 25.4. The van der Waals surface area contributed by atoms with Crippen LogP contribution in [-0.2, 0) is 9.53 Å². The summed E-state index contributed by atoms with van der Waals surface area (Å²) in [5, 5.41) is 0. The van der Waals surface area contributed by atoms with Crippen molar-refractivity contribution < 1.29 is 9.53 Å². The zero-order valence-corrected chi connectivity index (χ0v) is 24.1. The first-order valence-corrected chi connectivity index (χ1v) is 15.2. The fraction of sp³-hybridized carbons (Fsp3) is 0.906. The molecule has 0 radical (unpaired) electrons. The molecule has 0 rings (SSSR count). The number of carbonyl (C=O) groups excluding carboxylic acids is 1. The summed E-state index contributed by atoms with van der Waals surface area (Å²) in [6.45, 7) is 15.4. The Morgan fingerprint density at radius 3 is 1.32 bits per heavy atom. The van der Waals surface area contributed by atoms with Gasteiger partial charge in [0.15, 0.2) is 0 Å². The Morgan fingerprint density at radius 2 is 0.971 bits per heavy atom. The number of hydrogen-bond acceptors (Lipinski definition) is 2. The molecule has 0 saturated carbocycles. The van der Waals surface area contributed by atoms with E-state index in [1.165, 1.54) is 128 Å². The Kier molecular flexibility index (Phi) is 23.4. The van der Waals surface area contributed by atoms with E-state index in [0.29, 0.717) is 18.1 Å². The highest BCUT2D eigenvalue weighted by Gasteiger charge is 2.12. The van der Waals surface area contributed by atoms with Crippen molar-refractivity contribution in [2.75, 3.05) is 6.61 Å². The SMILES string of the molecule is C=C(C)C(=O)OCC(CCCCCCCCCC(C)CCC)CCCCCCCC(C)CCC. The Hall–Kier alpha value is -0.790. The number of rotatable bonds is 25. The molecule has 0 heterocycles. The first kappa shape index (κ1) is 33.2. The molecule has 202 valence electrons. The van der Waals surface area contributed by atoms with E-state index >= 15 is 0 Å². The van der Waals surface area contributed by atoms with Crippen LogP contribution >= 0.6 is 0 Å². The van der Waals surface area contributed by atoms with Crippen molar-refractivity contribution in [1.29, 1.82) is 0 Å². The molecule has 34 heavy (non-hydrogen) atoms. The maximum absolute atomic E-state index is 11.9. The highest BCUT2D eigenvalue weighted by molar-refractivity contribution is 5.86. The van der Waals surface area contributed by atoms with Crippen molar-refractivity contribution in [2.45, 2.75) is 163 Å². The van der Waals surface area contributed by atoms with Crippen LogP contribution in [-0.4, -0.2) is 12.6 Å². The lowest BCUT2D eigenvalue weighted by Gasteiger charge is -2.17. The lowest BCUT2D eigenvalue weighted by atomic mass is 9.94. The quantitative estimate of drug-likeness (QED) is 0.0740. The topological polar surface area (TPSA) is 26.3 Å². The molecule has 2 nitrogen and oxygen atoms in total. The number of ether oxygens (including phenoxy) is 1. The molecule has 0 aromatic heterocycles. The van der Waals surface area contributed by atoms with Crippen LogP contribution in [0.5, 0.6) is 0 Å². The Morgan fingerprint density at radius 1 is 0.618 bits per heavy atom. The predicted octanol–water partition coefficient (Wildman–Crippen LogP) is 10.8. The molecule has 0 saturated heterocycles. The van der Waals surface area contributed by atoms with Gasteiger partial charge < -0.3 is 4.74 Å². The van der Waals surface area contributed by atoms with Gasteiger partial charge in [-0.3, -0.25) is 0 Å². The highest BCUT2D eigenvalue weighted by Crippen LogP contribution is 2.21. The van der Waals surface area contributed by atoms with Crippen LogP contribution in [0.15, 0.2) is 12.2 Å². The second kappa shape index (κ2) is 23.9. The third-order valence-electron chi connectivity index (χ3n) is 7.48. The van der Waals surface area contributed by atoms with Crippen LogP contribution in [0.4, 0.5) is 0 Å². The minimum absolute atomic E-state index is 0.223. The van der Waals surface area contributed by atoms with Gasteiger partial charge in [0.05, 0.1) is 6.61 Å². The maximum Gasteiger partial charge on any atom is 0.333 e. The fourth-order valence-electron chi connectivity index (χ4n) is 5.17. The summed E-state index contributed by atoms with van der Waals surface area (Å²) in [6, 6.07) is 0. The molecular weight excluding hydrogens is 416 g/mol. The highest BCUT2D eigenvalue weighted by atomic mass is 16.5. The van der Waals surface area contributed by atoms with Crippen LogP contribution in [0.2, 0.25) is 0 Å². The second-order valence-corrected chi connectivity index (χ2v) is 11.4. The first-order chi connectivity index (χ1) is 16.4. The molecule has 0 aliphatic rings. The van der Waals surface area contributed by atoms with Gasteiger partial charge in [0.2, 0.25) is 0 Å². The van der Waals surface area contributed by atoms with Gasteiger partial charge in [0.25, 0.3) is 0 Å². The van der Waals surface area contributed by atoms with Gasteiger partial charge in [-0.05, 0) is 37.5 Å². The second-order valence-electron chi connectivity index (χ2n) is 11.4. The van der Waals surface area contributed by atoms with Crippen LogP contribution in [0.25, 0.3) is 0 Å². The van der Waals surface area contributed by atoms with Gasteiger partial charge in [-0.15, -0.1) is 0 Å². The maximum atomic E-state index is 11.9. The lowest BCUT2D eigenvalue weighted by Crippen LogP contribution is -2.15. The molecule has 3 unspecified atom stereocenters. The van der Waals surface area contributed by atoms with Gasteiger partial charge in [-0.1, -0.05) is 150 Å². The van der Waals surface area contributed by atoms with Crippen LogP contribution in [0.1, 0.15) is 163 Å². The standard InChI is InChI=1S/C32H62O2/c1-7-21-29(5)23-17-13-10-9-11-15-19-25-31(27-34-32(33)28(3)4)26-20-16-12-14-18-24-30(6)22-8-2/h29-31H,3,7-27H2,1-2,4-6H3. The van der Waals surface area contributed by atoms with Gasteiger partial charge in [0.1, 0.15) is 0 Å². The van der Waals surface area contributed by atoms with Gasteiger partial charge in [0, 0.05) is 5.57 Å². The summed E-state index contributed by atoms with van der Waals surface area (Å²) in [5.74, 6) is 2.11. The van der Waals surface area contributed by atoms with Crippen molar-refractivity contribution in [3.63, 3.8) is 0 Å². The van der Waals surface area contributed by atoms with Gasteiger partial charge in [-0.25, -0.2) is 4.79 Å². The first-order valence-electron chi connectivity index (χ1n) is 15.2. The summed E-state index contributed by atoms with van der Waals surface area (Å²) >= 11 is 0. The number of unbranched alkanes of at least 4 members (excludes halogenated alkanes) is 10. The molecular formula is C32H62O2. The molecule has 0 aromatic rings. The third kappa shape index (κ3) is 21.7. The van der Waals surface area contributed by atoms with E-state index in [1.54, 1.807) is 6.92 Å². The molecule has 3 atom stereocenters. The van der Waals surface area contributed by atoms with E-state index in [2.05, 4.69) is 34.3 Å². The average Bonchev–Trinajstić information content (AvgIpc) is 2.80.